The Hall–Kier alpha value is -2.97. The third-order valence-corrected chi connectivity index (χ3v) is 7.73. The average molecular weight is 726 g/mol. The normalized spacial score (nSPS) is 22.4. The Kier molecular flexibility index (Phi) is 14.7. The van der Waals surface area contributed by atoms with Crippen molar-refractivity contribution in [2.75, 3.05) is 13.2 Å². The Labute approximate surface area is 294 Å². The predicted octanol–water partition coefficient (Wildman–Crippen LogP) is 4.99. The molecule has 2 unspecified atom stereocenters. The number of aliphatic carboxylic acids is 1. The van der Waals surface area contributed by atoms with Crippen LogP contribution in [0.1, 0.15) is 23.6 Å². The summed E-state index contributed by atoms with van der Waals surface area (Å²) in [5.41, 5.74) is 2.63. The summed E-state index contributed by atoms with van der Waals surface area (Å²) in [5.74, 6) is -1.34. The molecule has 1 aliphatic rings. The zero-order valence-corrected chi connectivity index (χ0v) is 28.4. The van der Waals surface area contributed by atoms with Crippen LogP contribution in [0.2, 0.25) is 0 Å². The molecule has 0 aromatic heterocycles. The second kappa shape index (κ2) is 18.7. The fourth-order valence-electron chi connectivity index (χ4n) is 5.09. The molecule has 0 spiro atoms. The number of benzene rings is 3. The van der Waals surface area contributed by atoms with Crippen molar-refractivity contribution in [2.45, 2.75) is 73.3 Å². The number of aliphatic hydroxyl groups excluding tert-OH is 1. The highest BCUT2D eigenvalue weighted by Gasteiger charge is 2.50. The summed E-state index contributed by atoms with van der Waals surface area (Å²) in [6.07, 6.45) is -6.26. The Morgan fingerprint density at radius 1 is 0.833 bits per heavy atom. The standard InChI is InChI=1S/C34H39Cl3N2O9/c1-22(40)27(32(41)42)38-31-28(39-33(43)47-21-34(35,36)37)30(46-19-25-15-9-4-10-16-25)29(45-18-24-13-7-3-8-14-24)26(48-31)20-44-17-23-11-5-2-6-12-23/h2-16,22,26-31,38,40H,17-21H2,1H3,(H,39,43)(H,41,42)/t22?,26-,27?,28-,29+,30-,31+/m1/s1. The number of alkyl carbamates (subject to hydrolysis) is 1. The summed E-state index contributed by atoms with van der Waals surface area (Å²) in [7, 11) is 0. The number of alkyl halides is 3. The Morgan fingerprint density at radius 2 is 1.33 bits per heavy atom. The van der Waals surface area contributed by atoms with Crippen LogP contribution in [0, 0.1) is 0 Å². The molecule has 7 atom stereocenters. The lowest BCUT2D eigenvalue weighted by molar-refractivity contribution is -0.239. The molecule has 0 saturated carbocycles. The van der Waals surface area contributed by atoms with Crippen molar-refractivity contribution < 1.29 is 43.5 Å². The van der Waals surface area contributed by atoms with Crippen LogP contribution < -0.4 is 10.6 Å². The van der Waals surface area contributed by atoms with Crippen LogP contribution in [0.3, 0.4) is 0 Å². The fraction of sp³-hybridized carbons (Fsp3) is 0.412. The topological polar surface area (TPSA) is 145 Å². The number of rotatable bonds is 16. The van der Waals surface area contributed by atoms with Gasteiger partial charge in [0.25, 0.3) is 0 Å². The number of ether oxygens (including phenoxy) is 5. The average Bonchev–Trinajstić information content (AvgIpc) is 3.06. The molecule has 1 amide bonds. The van der Waals surface area contributed by atoms with E-state index in [2.05, 4.69) is 10.6 Å². The van der Waals surface area contributed by atoms with E-state index in [1.165, 1.54) is 6.92 Å². The van der Waals surface area contributed by atoms with Gasteiger partial charge in [-0.15, -0.1) is 0 Å². The summed E-state index contributed by atoms with van der Waals surface area (Å²) in [5, 5.41) is 25.8. The van der Waals surface area contributed by atoms with Crippen molar-refractivity contribution in [2.24, 2.45) is 0 Å². The van der Waals surface area contributed by atoms with Crippen LogP contribution in [0.4, 0.5) is 4.79 Å². The molecule has 1 heterocycles. The van der Waals surface area contributed by atoms with Gasteiger partial charge >= 0.3 is 12.1 Å². The van der Waals surface area contributed by atoms with Gasteiger partial charge in [-0.05, 0) is 23.6 Å². The van der Waals surface area contributed by atoms with Crippen molar-refractivity contribution in [3.8, 4) is 0 Å². The highest BCUT2D eigenvalue weighted by atomic mass is 35.6. The monoisotopic (exact) mass is 724 g/mol. The van der Waals surface area contributed by atoms with Gasteiger partial charge in [-0.1, -0.05) is 126 Å². The molecule has 48 heavy (non-hydrogen) atoms. The number of carboxylic acids is 1. The number of hydrogen-bond acceptors (Lipinski definition) is 9. The second-order valence-corrected chi connectivity index (χ2v) is 13.7. The minimum atomic E-state index is -1.88. The van der Waals surface area contributed by atoms with Gasteiger partial charge in [0.2, 0.25) is 3.79 Å². The van der Waals surface area contributed by atoms with Crippen molar-refractivity contribution in [1.29, 1.82) is 0 Å². The van der Waals surface area contributed by atoms with Gasteiger partial charge in [0.1, 0.15) is 43.2 Å². The molecule has 4 N–H and O–H groups in total. The summed E-state index contributed by atoms with van der Waals surface area (Å²) >= 11 is 17.4. The van der Waals surface area contributed by atoms with Gasteiger partial charge in [-0.25, -0.2) is 4.79 Å². The van der Waals surface area contributed by atoms with Crippen molar-refractivity contribution in [3.05, 3.63) is 108 Å². The molecule has 4 rings (SSSR count). The molecule has 1 aliphatic heterocycles. The molecular weight excluding hydrogens is 687 g/mol. The summed E-state index contributed by atoms with van der Waals surface area (Å²) in [6.45, 7) is 1.27. The molecule has 14 heteroatoms. The molecule has 260 valence electrons. The maximum absolute atomic E-state index is 13.1. The number of nitrogens with one attached hydrogen (secondary N) is 2. The fourth-order valence-corrected chi connectivity index (χ4v) is 5.26. The quantitative estimate of drug-likeness (QED) is 0.149. The number of aliphatic hydroxyl groups is 1. The zero-order chi connectivity index (χ0) is 34.5. The number of carboxylic acid groups (broad SMARTS) is 1. The molecular formula is C34H39Cl3N2O9. The van der Waals surface area contributed by atoms with E-state index in [0.29, 0.717) is 0 Å². The minimum Gasteiger partial charge on any atom is -0.480 e. The van der Waals surface area contributed by atoms with Gasteiger partial charge in [-0.2, -0.15) is 0 Å². The maximum Gasteiger partial charge on any atom is 0.407 e. The van der Waals surface area contributed by atoms with Crippen molar-refractivity contribution >= 4 is 46.9 Å². The van der Waals surface area contributed by atoms with E-state index >= 15 is 0 Å². The minimum absolute atomic E-state index is 0.00851. The van der Waals surface area contributed by atoms with Crippen LogP contribution in [0.15, 0.2) is 91.0 Å². The van der Waals surface area contributed by atoms with Crippen LogP contribution in [-0.2, 0) is 48.3 Å². The molecule has 11 nitrogen and oxygen atoms in total. The highest BCUT2D eigenvalue weighted by Crippen LogP contribution is 2.29. The molecule has 0 radical (unpaired) electrons. The van der Waals surface area contributed by atoms with Gasteiger partial charge < -0.3 is 39.2 Å². The van der Waals surface area contributed by atoms with E-state index < -0.39 is 65.2 Å². The maximum atomic E-state index is 13.1. The van der Waals surface area contributed by atoms with Crippen LogP contribution in [-0.4, -0.2) is 82.0 Å². The Morgan fingerprint density at radius 3 is 1.81 bits per heavy atom. The van der Waals surface area contributed by atoms with E-state index in [1.807, 2.05) is 91.0 Å². The number of amides is 1. The van der Waals surface area contributed by atoms with Crippen LogP contribution in [0.25, 0.3) is 0 Å². The SMILES string of the molecule is CC(O)C(N[C@H]1O[C@H](COCc2ccccc2)[C@H](OCc2ccccc2)[C@H](OCc2ccccc2)[C@H]1NC(=O)OCC(Cl)(Cl)Cl)C(=O)O. The van der Waals surface area contributed by atoms with Gasteiger partial charge in [-0.3, -0.25) is 10.1 Å². The zero-order valence-electron chi connectivity index (χ0n) is 26.1. The smallest absolute Gasteiger partial charge is 0.407 e. The summed E-state index contributed by atoms with van der Waals surface area (Å²) in [4.78, 5) is 25.3. The Bertz CT molecular complexity index is 1400. The first-order chi connectivity index (χ1) is 23.0. The van der Waals surface area contributed by atoms with E-state index in [9.17, 15) is 19.8 Å². The molecule has 0 aliphatic carbocycles. The first kappa shape index (κ1) is 37.8. The first-order valence-electron chi connectivity index (χ1n) is 15.3. The van der Waals surface area contributed by atoms with Crippen LogP contribution >= 0.6 is 34.8 Å². The lowest BCUT2D eigenvalue weighted by atomic mass is 9.94. The lowest BCUT2D eigenvalue weighted by Crippen LogP contribution is -2.70. The molecule has 1 saturated heterocycles. The van der Waals surface area contributed by atoms with Gasteiger partial charge in [0.15, 0.2) is 0 Å². The molecule has 1 fully saturated rings. The second-order valence-electron chi connectivity index (χ2n) is 11.2. The summed E-state index contributed by atoms with van der Waals surface area (Å²) < 4.78 is 28.8. The summed E-state index contributed by atoms with van der Waals surface area (Å²) in [6, 6.07) is 25.7. The highest BCUT2D eigenvalue weighted by molar-refractivity contribution is 6.67. The third-order valence-electron chi connectivity index (χ3n) is 7.40. The van der Waals surface area contributed by atoms with E-state index in [4.69, 9.17) is 58.5 Å². The number of hydrogen-bond donors (Lipinski definition) is 4. The largest absolute Gasteiger partial charge is 0.480 e. The third kappa shape index (κ3) is 12.2. The van der Waals surface area contributed by atoms with Crippen molar-refractivity contribution in [3.63, 3.8) is 0 Å². The van der Waals surface area contributed by atoms with Gasteiger partial charge in [0, 0.05) is 0 Å². The predicted molar refractivity (Wildman–Crippen MR) is 180 cm³/mol. The number of carbonyl (C=O) groups excluding carboxylic acids is 1. The molecule has 3 aromatic carbocycles. The number of halogens is 3. The first-order valence-corrected chi connectivity index (χ1v) is 16.4. The molecule has 3 aromatic rings. The van der Waals surface area contributed by atoms with Crippen molar-refractivity contribution in [1.82, 2.24) is 10.6 Å². The van der Waals surface area contributed by atoms with E-state index in [0.717, 1.165) is 16.7 Å². The Balaban J connectivity index is 1.70. The number of carbonyl (C=O) groups is 2. The molecule has 0 bridgehead atoms. The lowest BCUT2D eigenvalue weighted by Gasteiger charge is -2.47. The van der Waals surface area contributed by atoms with E-state index in [1.54, 1.807) is 0 Å². The van der Waals surface area contributed by atoms with Gasteiger partial charge in [0.05, 0.1) is 32.5 Å². The van der Waals surface area contributed by atoms with Crippen LogP contribution in [0.5, 0.6) is 0 Å². The van der Waals surface area contributed by atoms with E-state index in [-0.39, 0.29) is 26.4 Å².